The van der Waals surface area contributed by atoms with Crippen molar-refractivity contribution in [2.75, 3.05) is 13.1 Å². The number of carbonyl (C=O) groups excluding carboxylic acids is 2. The normalized spacial score (nSPS) is 19.4. The molecule has 134 valence electrons. The smallest absolute Gasteiger partial charge is 0.410 e. The molecule has 1 rings (SSSR count). The molecule has 1 fully saturated rings. The topological polar surface area (TPSA) is 55.8 Å². The summed E-state index contributed by atoms with van der Waals surface area (Å²) < 4.78 is 10.8. The number of hydrogen-bond acceptors (Lipinski definition) is 4. The summed E-state index contributed by atoms with van der Waals surface area (Å²) in [6.45, 7) is 12.8. The summed E-state index contributed by atoms with van der Waals surface area (Å²) in [6, 6.07) is 0. The zero-order valence-corrected chi connectivity index (χ0v) is 15.6. The van der Waals surface area contributed by atoms with Gasteiger partial charge >= 0.3 is 12.1 Å². The zero-order valence-electron chi connectivity index (χ0n) is 15.6. The van der Waals surface area contributed by atoms with Crippen LogP contribution in [0.1, 0.15) is 73.6 Å². The van der Waals surface area contributed by atoms with E-state index < -0.39 is 11.2 Å². The van der Waals surface area contributed by atoms with E-state index in [4.69, 9.17) is 9.47 Å². The highest BCUT2D eigenvalue weighted by Gasteiger charge is 2.27. The van der Waals surface area contributed by atoms with E-state index in [1.807, 2.05) is 41.5 Å². The number of ether oxygens (including phenoxy) is 2. The van der Waals surface area contributed by atoms with Crippen LogP contribution in [0, 0.1) is 5.92 Å². The van der Waals surface area contributed by atoms with Gasteiger partial charge in [0.05, 0.1) is 0 Å². The van der Waals surface area contributed by atoms with Gasteiger partial charge in [-0.05, 0) is 73.1 Å². The van der Waals surface area contributed by atoms with Crippen molar-refractivity contribution in [3.63, 3.8) is 0 Å². The quantitative estimate of drug-likeness (QED) is 0.728. The molecule has 5 heteroatoms. The number of nitrogens with zero attached hydrogens (tertiary/aromatic N) is 1. The van der Waals surface area contributed by atoms with Crippen LogP contribution < -0.4 is 0 Å². The first-order valence-electron chi connectivity index (χ1n) is 8.66. The van der Waals surface area contributed by atoms with E-state index in [9.17, 15) is 9.59 Å². The minimum Gasteiger partial charge on any atom is -0.460 e. The molecule has 1 aliphatic rings. The lowest BCUT2D eigenvalue weighted by Gasteiger charge is -2.34. The fourth-order valence-corrected chi connectivity index (χ4v) is 2.72. The van der Waals surface area contributed by atoms with Crippen LogP contribution in [-0.2, 0) is 14.3 Å². The number of hydrogen-bond donors (Lipinski definition) is 0. The van der Waals surface area contributed by atoms with Crippen LogP contribution >= 0.6 is 0 Å². The summed E-state index contributed by atoms with van der Waals surface area (Å²) in [5.74, 6) is 0.302. The summed E-state index contributed by atoms with van der Waals surface area (Å²) in [4.78, 5) is 25.6. The van der Waals surface area contributed by atoms with Crippen LogP contribution in [0.25, 0.3) is 0 Å². The summed E-state index contributed by atoms with van der Waals surface area (Å²) in [5.41, 5.74) is -0.879. The number of carbonyl (C=O) groups is 2. The predicted molar refractivity (Wildman–Crippen MR) is 90.2 cm³/mol. The van der Waals surface area contributed by atoms with E-state index >= 15 is 0 Å². The zero-order chi connectivity index (χ0) is 17.7. The number of amides is 1. The Bertz CT molecular complexity index is 406. The van der Waals surface area contributed by atoms with Crippen molar-refractivity contribution in [2.24, 2.45) is 5.92 Å². The third kappa shape index (κ3) is 8.82. The molecule has 0 aromatic carbocycles. The van der Waals surface area contributed by atoms with E-state index in [2.05, 4.69) is 0 Å². The Kier molecular flexibility index (Phi) is 6.90. The van der Waals surface area contributed by atoms with Gasteiger partial charge in [0.2, 0.25) is 0 Å². The molecule has 0 aromatic rings. The van der Waals surface area contributed by atoms with Crippen LogP contribution in [0.4, 0.5) is 4.79 Å². The fourth-order valence-electron chi connectivity index (χ4n) is 2.72. The van der Waals surface area contributed by atoms with Crippen molar-refractivity contribution in [1.82, 2.24) is 4.90 Å². The van der Waals surface area contributed by atoms with Gasteiger partial charge in [-0.15, -0.1) is 0 Å². The third-order valence-corrected chi connectivity index (χ3v) is 3.58. The van der Waals surface area contributed by atoms with E-state index in [-0.39, 0.29) is 12.1 Å². The molecule has 1 amide bonds. The average Bonchev–Trinajstić information content (AvgIpc) is 2.35. The van der Waals surface area contributed by atoms with Gasteiger partial charge in [-0.2, -0.15) is 0 Å². The van der Waals surface area contributed by atoms with Gasteiger partial charge in [0, 0.05) is 19.5 Å². The molecule has 0 radical (unpaired) electrons. The SMILES string of the molecule is CC(C)(C)OC(=O)CCCC1CCCN(C(=O)OC(C)(C)C)C1. The highest BCUT2D eigenvalue weighted by Crippen LogP contribution is 2.23. The lowest BCUT2D eigenvalue weighted by atomic mass is 9.93. The summed E-state index contributed by atoms with van der Waals surface area (Å²) in [6.07, 6.45) is 4.07. The van der Waals surface area contributed by atoms with Gasteiger partial charge in [0.25, 0.3) is 0 Å². The third-order valence-electron chi connectivity index (χ3n) is 3.58. The molecule has 1 unspecified atom stereocenters. The van der Waals surface area contributed by atoms with E-state index in [0.717, 1.165) is 38.8 Å². The first kappa shape index (κ1) is 19.8. The summed E-state index contributed by atoms with van der Waals surface area (Å²) >= 11 is 0. The Morgan fingerprint density at radius 3 is 2.22 bits per heavy atom. The fraction of sp³-hybridized carbons (Fsp3) is 0.889. The van der Waals surface area contributed by atoms with Crippen LogP contribution in [0.5, 0.6) is 0 Å². The van der Waals surface area contributed by atoms with Gasteiger partial charge in [-0.25, -0.2) is 4.79 Å². The first-order chi connectivity index (χ1) is 10.5. The van der Waals surface area contributed by atoms with E-state index in [0.29, 0.717) is 12.3 Å². The molecule has 0 aromatic heterocycles. The molecule has 0 bridgehead atoms. The first-order valence-corrected chi connectivity index (χ1v) is 8.66. The molecule has 1 atom stereocenters. The molecule has 0 N–H and O–H groups in total. The monoisotopic (exact) mass is 327 g/mol. The average molecular weight is 327 g/mol. The second kappa shape index (κ2) is 8.02. The maximum absolute atomic E-state index is 12.1. The van der Waals surface area contributed by atoms with Crippen LogP contribution in [0.2, 0.25) is 0 Å². The molecule has 23 heavy (non-hydrogen) atoms. The number of rotatable bonds is 4. The molecule has 1 aliphatic heterocycles. The van der Waals surface area contributed by atoms with Crippen LogP contribution in [0.3, 0.4) is 0 Å². The van der Waals surface area contributed by atoms with E-state index in [1.165, 1.54) is 0 Å². The van der Waals surface area contributed by atoms with Crippen molar-refractivity contribution in [3.05, 3.63) is 0 Å². The number of esters is 1. The molecule has 1 heterocycles. The molecule has 5 nitrogen and oxygen atoms in total. The van der Waals surface area contributed by atoms with Gasteiger partial charge in [-0.3, -0.25) is 4.79 Å². The van der Waals surface area contributed by atoms with Gasteiger partial charge in [0.15, 0.2) is 0 Å². The molecular formula is C18H33NO4. The predicted octanol–water partition coefficient (Wildman–Crippen LogP) is 4.15. The Morgan fingerprint density at radius 1 is 1.04 bits per heavy atom. The summed E-state index contributed by atoms with van der Waals surface area (Å²) in [7, 11) is 0. The second-order valence-electron chi connectivity index (χ2n) is 8.41. The lowest BCUT2D eigenvalue weighted by Crippen LogP contribution is -2.42. The lowest BCUT2D eigenvalue weighted by molar-refractivity contribution is -0.155. The Hall–Kier alpha value is -1.26. The Balaban J connectivity index is 2.33. The molecule has 0 saturated carbocycles. The highest BCUT2D eigenvalue weighted by atomic mass is 16.6. The van der Waals surface area contributed by atoms with Crippen molar-refractivity contribution < 1.29 is 19.1 Å². The van der Waals surface area contributed by atoms with Crippen molar-refractivity contribution in [1.29, 1.82) is 0 Å². The van der Waals surface area contributed by atoms with Crippen molar-refractivity contribution in [3.8, 4) is 0 Å². The Morgan fingerprint density at radius 2 is 1.65 bits per heavy atom. The van der Waals surface area contributed by atoms with Crippen molar-refractivity contribution in [2.45, 2.75) is 84.8 Å². The minimum atomic E-state index is -0.458. The van der Waals surface area contributed by atoms with Gasteiger partial charge in [-0.1, -0.05) is 0 Å². The maximum atomic E-state index is 12.1. The Labute approximate surface area is 140 Å². The molecular weight excluding hydrogens is 294 g/mol. The van der Waals surface area contributed by atoms with Gasteiger partial charge in [0.1, 0.15) is 11.2 Å². The second-order valence-corrected chi connectivity index (χ2v) is 8.41. The minimum absolute atomic E-state index is 0.141. The van der Waals surface area contributed by atoms with Gasteiger partial charge < -0.3 is 14.4 Å². The largest absolute Gasteiger partial charge is 0.460 e. The van der Waals surface area contributed by atoms with E-state index in [1.54, 1.807) is 4.90 Å². The molecule has 0 spiro atoms. The summed E-state index contributed by atoms with van der Waals surface area (Å²) in [5, 5.41) is 0. The maximum Gasteiger partial charge on any atom is 0.410 e. The molecule has 0 aliphatic carbocycles. The number of piperidine rings is 1. The van der Waals surface area contributed by atoms with Crippen LogP contribution in [-0.4, -0.2) is 41.3 Å². The number of likely N-dealkylation sites (tertiary alicyclic amines) is 1. The highest BCUT2D eigenvalue weighted by molar-refractivity contribution is 5.69. The molecule has 1 saturated heterocycles. The van der Waals surface area contributed by atoms with Crippen molar-refractivity contribution >= 4 is 12.1 Å². The van der Waals surface area contributed by atoms with Crippen LogP contribution in [0.15, 0.2) is 0 Å². The standard InChI is InChI=1S/C18H33NO4/c1-17(2,3)22-15(20)11-7-9-14-10-8-12-19(13-14)16(21)23-18(4,5)6/h14H,7-13H2,1-6H3.